The van der Waals surface area contributed by atoms with E-state index >= 15 is 0 Å². The van der Waals surface area contributed by atoms with E-state index in [9.17, 15) is 14.4 Å². The number of rotatable bonds is 6. The fourth-order valence-corrected chi connectivity index (χ4v) is 4.59. The number of carbonyl (C=O) groups is 3. The van der Waals surface area contributed by atoms with Crippen molar-refractivity contribution < 1.29 is 14.4 Å². The maximum Gasteiger partial charge on any atom is 0.325 e. The van der Waals surface area contributed by atoms with Gasteiger partial charge in [0.05, 0.1) is 0 Å². The van der Waals surface area contributed by atoms with Crippen LogP contribution in [0.15, 0.2) is 0 Å². The van der Waals surface area contributed by atoms with E-state index < -0.39 is 5.54 Å². The molecule has 0 bridgehead atoms. The lowest BCUT2D eigenvalue weighted by Gasteiger charge is -2.30. The van der Waals surface area contributed by atoms with E-state index in [0.717, 1.165) is 25.7 Å². The summed E-state index contributed by atoms with van der Waals surface area (Å²) in [5.74, 6) is 0.153. The number of imide groups is 1. The summed E-state index contributed by atoms with van der Waals surface area (Å²) in [6, 6.07) is -0.362. The predicted octanol–water partition coefficient (Wildman–Crippen LogP) is 1.69. The number of urea groups is 1. The van der Waals surface area contributed by atoms with Crippen molar-refractivity contribution in [1.82, 2.24) is 15.5 Å². The van der Waals surface area contributed by atoms with Crippen molar-refractivity contribution in [1.29, 1.82) is 0 Å². The Bertz CT molecular complexity index is 531. The van der Waals surface area contributed by atoms with Crippen LogP contribution in [0.3, 0.4) is 0 Å². The molecular formula is C18H31ClN4O3. The van der Waals surface area contributed by atoms with Crippen molar-refractivity contribution in [2.24, 2.45) is 11.7 Å². The maximum absolute atomic E-state index is 12.6. The second kappa shape index (κ2) is 9.04. The lowest BCUT2D eigenvalue weighted by molar-refractivity contribution is -0.131. The third-order valence-electron chi connectivity index (χ3n) is 6.08. The van der Waals surface area contributed by atoms with E-state index in [1.807, 2.05) is 0 Å². The molecule has 3 rings (SSSR count). The summed E-state index contributed by atoms with van der Waals surface area (Å²) in [4.78, 5) is 38.2. The van der Waals surface area contributed by atoms with Gasteiger partial charge < -0.3 is 16.4 Å². The molecule has 7 nitrogen and oxygen atoms in total. The highest BCUT2D eigenvalue weighted by Gasteiger charge is 2.52. The summed E-state index contributed by atoms with van der Waals surface area (Å²) in [6.07, 6.45) is 9.33. The van der Waals surface area contributed by atoms with Crippen molar-refractivity contribution >= 4 is 30.3 Å². The Labute approximate surface area is 161 Å². The Kier molecular flexibility index (Phi) is 7.29. The van der Waals surface area contributed by atoms with Crippen molar-refractivity contribution in [3.05, 3.63) is 0 Å². The van der Waals surface area contributed by atoms with Gasteiger partial charge in [-0.3, -0.25) is 14.5 Å². The van der Waals surface area contributed by atoms with E-state index in [4.69, 9.17) is 5.73 Å². The van der Waals surface area contributed by atoms with Gasteiger partial charge in [-0.2, -0.15) is 0 Å². The van der Waals surface area contributed by atoms with Crippen molar-refractivity contribution in [2.45, 2.75) is 75.8 Å². The molecule has 2 aliphatic carbocycles. The number of nitrogens with zero attached hydrogens (tertiary/aromatic N) is 1. The highest BCUT2D eigenvalue weighted by molar-refractivity contribution is 6.07. The van der Waals surface area contributed by atoms with Crippen molar-refractivity contribution in [3.63, 3.8) is 0 Å². The SMILES string of the molecule is Cl.NCC(NC(=O)CCN1C(=O)NC2(CCCC2)C1=O)C1CCCCC1. The highest BCUT2D eigenvalue weighted by atomic mass is 35.5. The molecule has 0 aromatic heterocycles. The number of carbonyl (C=O) groups excluding carboxylic acids is 3. The third kappa shape index (κ3) is 4.31. The van der Waals surface area contributed by atoms with Crippen LogP contribution in [0.25, 0.3) is 0 Å². The minimum Gasteiger partial charge on any atom is -0.352 e. The molecule has 0 radical (unpaired) electrons. The first-order valence-electron chi connectivity index (χ1n) is 9.69. The van der Waals surface area contributed by atoms with Crippen molar-refractivity contribution in [3.8, 4) is 0 Å². The summed E-state index contributed by atoms with van der Waals surface area (Å²) in [5.41, 5.74) is 5.15. The van der Waals surface area contributed by atoms with E-state index in [0.29, 0.717) is 25.3 Å². The molecule has 1 atom stereocenters. The monoisotopic (exact) mass is 386 g/mol. The van der Waals surface area contributed by atoms with Crippen LogP contribution in [0.5, 0.6) is 0 Å². The van der Waals surface area contributed by atoms with Gasteiger partial charge in [0.1, 0.15) is 5.54 Å². The lowest BCUT2D eigenvalue weighted by atomic mass is 9.84. The molecule has 8 heteroatoms. The van der Waals surface area contributed by atoms with E-state index in [2.05, 4.69) is 10.6 Å². The van der Waals surface area contributed by atoms with Crippen LogP contribution < -0.4 is 16.4 Å². The second-order valence-electron chi connectivity index (χ2n) is 7.73. The molecule has 148 valence electrons. The number of halogens is 1. The molecule has 1 unspecified atom stereocenters. The number of nitrogens with one attached hydrogen (secondary N) is 2. The minimum atomic E-state index is -0.699. The quantitative estimate of drug-likeness (QED) is 0.604. The number of amides is 4. The molecule has 1 spiro atoms. The number of hydrogen-bond acceptors (Lipinski definition) is 4. The molecule has 4 N–H and O–H groups in total. The molecule has 0 aromatic rings. The Hall–Kier alpha value is -1.34. The molecule has 26 heavy (non-hydrogen) atoms. The molecule has 0 aromatic carbocycles. The average molecular weight is 387 g/mol. The van der Waals surface area contributed by atoms with E-state index in [1.165, 1.54) is 24.2 Å². The zero-order chi connectivity index (χ0) is 17.9. The van der Waals surface area contributed by atoms with Crippen LogP contribution in [0.2, 0.25) is 0 Å². The summed E-state index contributed by atoms with van der Waals surface area (Å²) in [6.45, 7) is 0.572. The zero-order valence-corrected chi connectivity index (χ0v) is 16.1. The first-order chi connectivity index (χ1) is 12.1. The van der Waals surface area contributed by atoms with Crippen LogP contribution in [0, 0.1) is 5.92 Å². The molecule has 1 saturated heterocycles. The summed E-state index contributed by atoms with van der Waals surface area (Å²) < 4.78 is 0. The molecule has 4 amide bonds. The molecule has 3 fully saturated rings. The molecular weight excluding hydrogens is 356 g/mol. The van der Waals surface area contributed by atoms with Crippen LogP contribution in [0.1, 0.15) is 64.2 Å². The second-order valence-corrected chi connectivity index (χ2v) is 7.73. The minimum absolute atomic E-state index is 0. The number of hydrogen-bond donors (Lipinski definition) is 3. The fraction of sp³-hybridized carbons (Fsp3) is 0.833. The van der Waals surface area contributed by atoms with Gasteiger partial charge in [-0.15, -0.1) is 12.4 Å². The van der Waals surface area contributed by atoms with Gasteiger partial charge in [0.2, 0.25) is 5.91 Å². The Morgan fingerprint density at radius 3 is 2.46 bits per heavy atom. The Morgan fingerprint density at radius 1 is 1.19 bits per heavy atom. The maximum atomic E-state index is 12.6. The first kappa shape index (κ1) is 21.0. The van der Waals surface area contributed by atoms with Gasteiger partial charge in [0.25, 0.3) is 5.91 Å². The molecule has 3 aliphatic rings. The molecule has 2 saturated carbocycles. The largest absolute Gasteiger partial charge is 0.352 e. The van der Waals surface area contributed by atoms with Gasteiger partial charge in [-0.1, -0.05) is 32.1 Å². The highest BCUT2D eigenvalue weighted by Crippen LogP contribution is 2.35. The Morgan fingerprint density at radius 2 is 1.85 bits per heavy atom. The smallest absolute Gasteiger partial charge is 0.325 e. The number of nitrogens with two attached hydrogens (primary N) is 1. The summed E-state index contributed by atoms with van der Waals surface area (Å²) in [7, 11) is 0. The van der Waals surface area contributed by atoms with Gasteiger partial charge >= 0.3 is 6.03 Å². The Balaban J connectivity index is 0.00000243. The van der Waals surface area contributed by atoms with Crippen molar-refractivity contribution in [2.75, 3.05) is 13.1 Å². The van der Waals surface area contributed by atoms with Gasteiger partial charge in [0.15, 0.2) is 0 Å². The van der Waals surface area contributed by atoms with Crippen LogP contribution in [-0.2, 0) is 9.59 Å². The van der Waals surface area contributed by atoms with Gasteiger partial charge in [0, 0.05) is 25.6 Å². The van der Waals surface area contributed by atoms with Gasteiger partial charge in [-0.05, 0) is 31.6 Å². The van der Waals surface area contributed by atoms with Gasteiger partial charge in [-0.25, -0.2) is 4.79 Å². The van der Waals surface area contributed by atoms with E-state index in [-0.39, 0.29) is 49.3 Å². The van der Waals surface area contributed by atoms with Crippen LogP contribution >= 0.6 is 12.4 Å². The third-order valence-corrected chi connectivity index (χ3v) is 6.08. The fourth-order valence-electron chi connectivity index (χ4n) is 4.59. The molecule has 1 aliphatic heterocycles. The summed E-state index contributed by atoms with van der Waals surface area (Å²) in [5, 5.41) is 5.86. The lowest BCUT2D eigenvalue weighted by Crippen LogP contribution is -2.47. The summed E-state index contributed by atoms with van der Waals surface area (Å²) >= 11 is 0. The molecule has 1 heterocycles. The first-order valence-corrected chi connectivity index (χ1v) is 9.69. The zero-order valence-electron chi connectivity index (χ0n) is 15.3. The topological polar surface area (TPSA) is 105 Å². The average Bonchev–Trinajstić information content (AvgIpc) is 3.18. The standard InChI is InChI=1S/C18H30N4O3.ClH/c19-12-14(13-6-2-1-3-7-13)20-15(23)8-11-22-16(24)18(21-17(22)25)9-4-5-10-18;/h13-14H,1-12,19H2,(H,20,23)(H,21,25);1H. The predicted molar refractivity (Wildman–Crippen MR) is 101 cm³/mol. The van der Waals surface area contributed by atoms with Crippen LogP contribution in [0.4, 0.5) is 4.79 Å². The normalized spacial score (nSPS) is 23.7. The van der Waals surface area contributed by atoms with Crippen LogP contribution in [-0.4, -0.2) is 47.4 Å². The van der Waals surface area contributed by atoms with E-state index in [1.54, 1.807) is 0 Å².